The van der Waals surface area contributed by atoms with Crippen molar-refractivity contribution < 1.29 is 24.5 Å². The van der Waals surface area contributed by atoms with Gasteiger partial charge in [0.1, 0.15) is 0 Å². The molecule has 1 fully saturated rings. The molecule has 0 spiro atoms. The number of benzene rings is 1. The van der Waals surface area contributed by atoms with E-state index in [-0.39, 0.29) is 12.8 Å². The maximum Gasteiger partial charge on any atom is 0.340 e. The van der Waals surface area contributed by atoms with E-state index in [0.717, 1.165) is 0 Å². The van der Waals surface area contributed by atoms with Crippen molar-refractivity contribution in [3.05, 3.63) is 34.9 Å². The molecular weight excluding hydrogens is 260 g/mol. The van der Waals surface area contributed by atoms with Crippen LogP contribution in [0.25, 0.3) is 0 Å². The highest BCUT2D eigenvalue weighted by Gasteiger charge is 2.50. The van der Waals surface area contributed by atoms with Gasteiger partial charge in [-0.05, 0) is 30.5 Å². The van der Waals surface area contributed by atoms with Gasteiger partial charge in [-0.15, -0.1) is 0 Å². The van der Waals surface area contributed by atoms with E-state index in [0.29, 0.717) is 10.6 Å². The van der Waals surface area contributed by atoms with E-state index in [1.165, 1.54) is 0 Å². The average Bonchev–Trinajstić information content (AvgIpc) is 2.76. The van der Waals surface area contributed by atoms with Gasteiger partial charge in [-0.1, -0.05) is 23.7 Å². The molecule has 0 saturated carbocycles. The fourth-order valence-corrected chi connectivity index (χ4v) is 2.21. The number of carbonyl (C=O) groups is 2. The number of carboxylic acid groups (broad SMARTS) is 2. The summed E-state index contributed by atoms with van der Waals surface area (Å²) in [5.74, 6) is -2.33. The Bertz CT molecular complexity index is 484. The van der Waals surface area contributed by atoms with Gasteiger partial charge in [0.2, 0.25) is 0 Å². The van der Waals surface area contributed by atoms with Crippen molar-refractivity contribution in [2.24, 2.45) is 0 Å². The summed E-state index contributed by atoms with van der Waals surface area (Å²) in [6, 6.07) is 6.19. The highest BCUT2D eigenvalue weighted by atomic mass is 35.5. The fraction of sp³-hybridized carbons (Fsp3) is 0.333. The van der Waals surface area contributed by atoms with E-state index >= 15 is 0 Å². The monoisotopic (exact) mass is 270 g/mol. The predicted octanol–water partition coefficient (Wildman–Crippen LogP) is 1.88. The van der Waals surface area contributed by atoms with Crippen molar-refractivity contribution in [2.75, 3.05) is 0 Å². The minimum absolute atomic E-state index is 0.126. The molecule has 0 bridgehead atoms. The number of carboxylic acids is 2. The molecule has 18 heavy (non-hydrogen) atoms. The highest BCUT2D eigenvalue weighted by Crippen LogP contribution is 2.40. The molecule has 1 aromatic carbocycles. The number of rotatable bonds is 3. The van der Waals surface area contributed by atoms with Crippen molar-refractivity contribution in [3.8, 4) is 0 Å². The summed E-state index contributed by atoms with van der Waals surface area (Å²) in [4.78, 5) is 22.3. The molecule has 0 radical (unpaired) electrons. The zero-order valence-electron chi connectivity index (χ0n) is 9.30. The average molecular weight is 271 g/mol. The first kappa shape index (κ1) is 12.9. The maximum absolute atomic E-state index is 11.4. The van der Waals surface area contributed by atoms with Gasteiger partial charge in [0.25, 0.3) is 0 Å². The number of hydrogen-bond donors (Lipinski definition) is 2. The van der Waals surface area contributed by atoms with Crippen molar-refractivity contribution >= 4 is 23.5 Å². The normalized spacial score (nSPS) is 27.1. The van der Waals surface area contributed by atoms with Crippen LogP contribution in [0, 0.1) is 0 Å². The van der Waals surface area contributed by atoms with Gasteiger partial charge < -0.3 is 14.9 Å². The van der Waals surface area contributed by atoms with E-state index in [4.69, 9.17) is 21.4 Å². The third kappa shape index (κ3) is 2.07. The second kappa shape index (κ2) is 4.59. The largest absolute Gasteiger partial charge is 0.479 e. The van der Waals surface area contributed by atoms with Gasteiger partial charge in [0.05, 0.1) is 0 Å². The van der Waals surface area contributed by atoms with Crippen LogP contribution < -0.4 is 0 Å². The maximum atomic E-state index is 11.4. The van der Waals surface area contributed by atoms with Gasteiger partial charge >= 0.3 is 11.9 Å². The second-order valence-electron chi connectivity index (χ2n) is 4.12. The summed E-state index contributed by atoms with van der Waals surface area (Å²) in [6.45, 7) is 0. The Hall–Kier alpha value is -1.59. The lowest BCUT2D eigenvalue weighted by atomic mass is 9.91. The van der Waals surface area contributed by atoms with Gasteiger partial charge in [-0.2, -0.15) is 0 Å². The summed E-state index contributed by atoms with van der Waals surface area (Å²) in [5, 5.41) is 18.7. The first-order valence-corrected chi connectivity index (χ1v) is 5.73. The van der Waals surface area contributed by atoms with Crippen LogP contribution in [0.4, 0.5) is 0 Å². The SMILES string of the molecule is O=C(O)C1CCC(C(=O)O)(c2ccc(Cl)cc2)O1. The lowest BCUT2D eigenvalue weighted by Gasteiger charge is -2.24. The summed E-state index contributed by atoms with van der Waals surface area (Å²) in [7, 11) is 0. The summed E-state index contributed by atoms with van der Waals surface area (Å²) in [5.41, 5.74) is -1.18. The van der Waals surface area contributed by atoms with Gasteiger partial charge in [-0.3, -0.25) is 0 Å². The second-order valence-corrected chi connectivity index (χ2v) is 4.56. The van der Waals surface area contributed by atoms with Crippen LogP contribution in [0.5, 0.6) is 0 Å². The molecule has 1 aromatic rings. The van der Waals surface area contributed by atoms with Crippen LogP contribution >= 0.6 is 11.6 Å². The van der Waals surface area contributed by atoms with Crippen LogP contribution in [0.15, 0.2) is 24.3 Å². The Morgan fingerprint density at radius 1 is 1.28 bits per heavy atom. The zero-order chi connectivity index (χ0) is 13.3. The third-order valence-corrected chi connectivity index (χ3v) is 3.29. The number of ether oxygens (including phenoxy) is 1. The Morgan fingerprint density at radius 2 is 1.89 bits per heavy atom. The molecule has 1 aliphatic heterocycles. The molecule has 1 heterocycles. The molecule has 0 aliphatic carbocycles. The molecule has 1 saturated heterocycles. The van der Waals surface area contributed by atoms with E-state index in [2.05, 4.69) is 0 Å². The molecular formula is C12H11ClO5. The Kier molecular flexibility index (Phi) is 3.28. The molecule has 5 nitrogen and oxygen atoms in total. The molecule has 1 aliphatic rings. The lowest BCUT2D eigenvalue weighted by Crippen LogP contribution is -2.37. The van der Waals surface area contributed by atoms with E-state index < -0.39 is 23.6 Å². The Morgan fingerprint density at radius 3 is 2.33 bits per heavy atom. The highest BCUT2D eigenvalue weighted by molar-refractivity contribution is 6.30. The summed E-state index contributed by atoms with van der Waals surface area (Å²) >= 11 is 5.74. The Labute approximate surface area is 108 Å². The summed E-state index contributed by atoms with van der Waals surface area (Å²) < 4.78 is 5.26. The molecule has 0 amide bonds. The van der Waals surface area contributed by atoms with Gasteiger partial charge in [0.15, 0.2) is 11.7 Å². The minimum atomic E-state index is -1.59. The number of hydrogen-bond acceptors (Lipinski definition) is 3. The van der Waals surface area contributed by atoms with Crippen molar-refractivity contribution in [2.45, 2.75) is 24.5 Å². The quantitative estimate of drug-likeness (QED) is 0.876. The number of aliphatic carboxylic acids is 2. The molecule has 96 valence electrons. The smallest absolute Gasteiger partial charge is 0.340 e. The fourth-order valence-electron chi connectivity index (χ4n) is 2.08. The van der Waals surface area contributed by atoms with Crippen LogP contribution in [-0.4, -0.2) is 28.3 Å². The van der Waals surface area contributed by atoms with Gasteiger partial charge in [-0.25, -0.2) is 9.59 Å². The van der Waals surface area contributed by atoms with Crippen molar-refractivity contribution in [3.63, 3.8) is 0 Å². The van der Waals surface area contributed by atoms with E-state index in [1.807, 2.05) is 0 Å². The molecule has 6 heteroatoms. The standard InChI is InChI=1S/C12H11ClO5/c13-8-3-1-7(2-4-8)12(11(16)17)6-5-9(18-12)10(14)15/h1-4,9H,5-6H2,(H,14,15)(H,16,17). The topological polar surface area (TPSA) is 83.8 Å². The zero-order valence-corrected chi connectivity index (χ0v) is 10.1. The third-order valence-electron chi connectivity index (χ3n) is 3.03. The molecule has 2 N–H and O–H groups in total. The van der Waals surface area contributed by atoms with E-state index in [9.17, 15) is 14.7 Å². The summed E-state index contributed by atoms with van der Waals surface area (Å²) in [6.07, 6.45) is -0.789. The number of halogens is 1. The van der Waals surface area contributed by atoms with E-state index in [1.54, 1.807) is 24.3 Å². The van der Waals surface area contributed by atoms with Crippen LogP contribution in [0.1, 0.15) is 18.4 Å². The van der Waals surface area contributed by atoms with Crippen molar-refractivity contribution in [1.82, 2.24) is 0 Å². The van der Waals surface area contributed by atoms with Crippen LogP contribution in [0.3, 0.4) is 0 Å². The molecule has 0 aromatic heterocycles. The molecule has 2 unspecified atom stereocenters. The van der Waals surface area contributed by atoms with Crippen molar-refractivity contribution in [1.29, 1.82) is 0 Å². The van der Waals surface area contributed by atoms with Crippen LogP contribution in [0.2, 0.25) is 5.02 Å². The van der Waals surface area contributed by atoms with Gasteiger partial charge in [0, 0.05) is 5.02 Å². The molecule has 2 atom stereocenters. The first-order chi connectivity index (χ1) is 8.45. The lowest BCUT2D eigenvalue weighted by molar-refractivity contribution is -0.172. The predicted molar refractivity (Wildman–Crippen MR) is 62.5 cm³/mol. The first-order valence-electron chi connectivity index (χ1n) is 5.36. The van der Waals surface area contributed by atoms with Crippen LogP contribution in [-0.2, 0) is 19.9 Å². The Balaban J connectivity index is 2.38. The minimum Gasteiger partial charge on any atom is -0.479 e. The molecule has 2 rings (SSSR count).